The average Bonchev–Trinajstić information content (AvgIpc) is 2.92. The van der Waals surface area contributed by atoms with Crippen molar-refractivity contribution in [2.75, 3.05) is 0 Å². The summed E-state index contributed by atoms with van der Waals surface area (Å²) in [6.07, 6.45) is 1.54. The molecule has 0 N–H and O–H groups in total. The number of rotatable bonds is 5. The van der Waals surface area contributed by atoms with Crippen LogP contribution in [0.1, 0.15) is 48.6 Å². The lowest BCUT2D eigenvalue weighted by Crippen LogP contribution is -2.20. The highest BCUT2D eigenvalue weighted by Gasteiger charge is 2.21. The number of hydrogen-bond acceptors (Lipinski definition) is 2. The summed E-state index contributed by atoms with van der Waals surface area (Å²) in [5, 5.41) is 4.41. The predicted octanol–water partition coefficient (Wildman–Crippen LogP) is 3.73. The average molecular weight is 292 g/mol. The van der Waals surface area contributed by atoms with Crippen molar-refractivity contribution in [1.29, 1.82) is 0 Å². The highest BCUT2D eigenvalue weighted by atomic mass is 19.2. The smallest absolute Gasteiger partial charge is 0.187 e. The van der Waals surface area contributed by atoms with Gasteiger partial charge in [0.15, 0.2) is 17.4 Å². The third-order valence-corrected chi connectivity index (χ3v) is 3.54. The van der Waals surface area contributed by atoms with Crippen LogP contribution in [0.5, 0.6) is 0 Å². The molecule has 0 fully saturated rings. The molecule has 0 radical (unpaired) electrons. The zero-order valence-corrected chi connectivity index (χ0v) is 12.4. The maximum atomic E-state index is 13.3. The van der Waals surface area contributed by atoms with Crippen LogP contribution in [0.3, 0.4) is 0 Å². The molecule has 0 saturated carbocycles. The van der Waals surface area contributed by atoms with Crippen molar-refractivity contribution in [3.05, 3.63) is 52.9 Å². The lowest BCUT2D eigenvalue weighted by atomic mass is 10.0. The van der Waals surface area contributed by atoms with E-state index in [2.05, 4.69) is 5.10 Å². The molecule has 0 spiro atoms. The Labute approximate surface area is 122 Å². The zero-order chi connectivity index (χ0) is 15.6. The lowest BCUT2D eigenvalue weighted by molar-refractivity contribution is 0.0925. The molecular formula is C16H18F2N2O. The monoisotopic (exact) mass is 292 g/mol. The molecule has 0 bridgehead atoms. The summed E-state index contributed by atoms with van der Waals surface area (Å²) in [4.78, 5) is 12.4. The standard InChI is InChI=1S/C16H18F2N2O/c1-4-12-9-13(5-2)20(19-12)10(3)16(21)11-6-7-14(17)15(18)8-11/h6-10H,4-5H2,1-3H3. The number of carbonyl (C=O) groups is 1. The number of hydrogen-bond donors (Lipinski definition) is 0. The maximum Gasteiger partial charge on any atom is 0.187 e. The normalized spacial score (nSPS) is 12.4. The van der Waals surface area contributed by atoms with Crippen LogP contribution in [0, 0.1) is 11.6 Å². The van der Waals surface area contributed by atoms with Gasteiger partial charge in [-0.25, -0.2) is 8.78 Å². The number of Topliss-reactive ketones (excluding diaryl/α,β-unsaturated/α-hetero) is 1. The summed E-state index contributed by atoms with van der Waals surface area (Å²) >= 11 is 0. The van der Waals surface area contributed by atoms with Gasteiger partial charge in [-0.15, -0.1) is 0 Å². The summed E-state index contributed by atoms with van der Waals surface area (Å²) in [6.45, 7) is 5.70. The topological polar surface area (TPSA) is 34.9 Å². The Kier molecular flexibility index (Phi) is 4.50. The van der Waals surface area contributed by atoms with Crippen LogP contribution in [0.2, 0.25) is 0 Å². The number of nitrogens with zero attached hydrogens (tertiary/aromatic N) is 2. The molecule has 3 nitrogen and oxygen atoms in total. The minimum absolute atomic E-state index is 0.150. The molecule has 0 amide bonds. The second-order valence-corrected chi connectivity index (χ2v) is 4.95. The Morgan fingerprint density at radius 2 is 1.90 bits per heavy atom. The van der Waals surface area contributed by atoms with Gasteiger partial charge in [0.25, 0.3) is 0 Å². The van der Waals surface area contributed by atoms with Gasteiger partial charge in [0.1, 0.15) is 6.04 Å². The Hall–Kier alpha value is -2.04. The second kappa shape index (κ2) is 6.16. The molecule has 1 heterocycles. The summed E-state index contributed by atoms with van der Waals surface area (Å²) < 4.78 is 27.9. The lowest BCUT2D eigenvalue weighted by Gasteiger charge is -2.14. The van der Waals surface area contributed by atoms with Gasteiger partial charge in [-0.05, 0) is 44.0 Å². The molecule has 112 valence electrons. The number of benzene rings is 1. The number of halogens is 2. The van der Waals surface area contributed by atoms with Gasteiger partial charge in [-0.3, -0.25) is 9.48 Å². The van der Waals surface area contributed by atoms with Crippen LogP contribution in [-0.2, 0) is 12.8 Å². The zero-order valence-electron chi connectivity index (χ0n) is 12.4. The number of ketones is 1. The van der Waals surface area contributed by atoms with Gasteiger partial charge < -0.3 is 0 Å². The Bertz CT molecular complexity index is 664. The van der Waals surface area contributed by atoms with Crippen molar-refractivity contribution in [2.24, 2.45) is 0 Å². The number of aromatic nitrogens is 2. The minimum Gasteiger partial charge on any atom is -0.292 e. The minimum atomic E-state index is -1.02. The van der Waals surface area contributed by atoms with E-state index >= 15 is 0 Å². The first-order valence-corrected chi connectivity index (χ1v) is 7.04. The molecule has 0 saturated heterocycles. The van der Waals surface area contributed by atoms with E-state index in [0.717, 1.165) is 36.4 Å². The van der Waals surface area contributed by atoms with Crippen molar-refractivity contribution in [3.8, 4) is 0 Å². The molecule has 2 rings (SSSR count). The SMILES string of the molecule is CCc1cc(CC)n(C(C)C(=O)c2ccc(F)c(F)c2)n1. The molecule has 0 aliphatic heterocycles. The van der Waals surface area contributed by atoms with E-state index in [-0.39, 0.29) is 11.3 Å². The van der Waals surface area contributed by atoms with Crippen LogP contribution in [0.4, 0.5) is 8.78 Å². The fourth-order valence-electron chi connectivity index (χ4n) is 2.26. The molecule has 21 heavy (non-hydrogen) atoms. The van der Waals surface area contributed by atoms with E-state index in [1.807, 2.05) is 19.9 Å². The van der Waals surface area contributed by atoms with Gasteiger partial charge in [0.05, 0.1) is 5.69 Å². The molecule has 1 aromatic heterocycles. The summed E-state index contributed by atoms with van der Waals surface area (Å²) in [5.41, 5.74) is 2.02. The van der Waals surface area contributed by atoms with Crippen molar-refractivity contribution in [3.63, 3.8) is 0 Å². The van der Waals surface area contributed by atoms with Crippen molar-refractivity contribution < 1.29 is 13.6 Å². The summed E-state index contributed by atoms with van der Waals surface area (Å²) in [6, 6.07) is 4.62. The fraction of sp³-hybridized carbons (Fsp3) is 0.375. The highest BCUT2D eigenvalue weighted by molar-refractivity contribution is 5.98. The van der Waals surface area contributed by atoms with Gasteiger partial charge in [0.2, 0.25) is 0 Å². The van der Waals surface area contributed by atoms with Crippen LogP contribution in [0.15, 0.2) is 24.3 Å². The first-order valence-electron chi connectivity index (χ1n) is 7.04. The van der Waals surface area contributed by atoms with E-state index in [1.54, 1.807) is 11.6 Å². The summed E-state index contributed by atoms with van der Waals surface area (Å²) in [5.74, 6) is -2.26. The number of carbonyl (C=O) groups excluding carboxylic acids is 1. The molecular weight excluding hydrogens is 274 g/mol. The maximum absolute atomic E-state index is 13.3. The van der Waals surface area contributed by atoms with Gasteiger partial charge >= 0.3 is 0 Å². The fourth-order valence-corrected chi connectivity index (χ4v) is 2.26. The predicted molar refractivity (Wildman–Crippen MR) is 76.4 cm³/mol. The molecule has 0 aliphatic rings. The van der Waals surface area contributed by atoms with Crippen molar-refractivity contribution >= 4 is 5.78 Å². The number of aryl methyl sites for hydroxylation is 2. The van der Waals surface area contributed by atoms with E-state index in [9.17, 15) is 13.6 Å². The van der Waals surface area contributed by atoms with E-state index in [0.29, 0.717) is 0 Å². The second-order valence-electron chi connectivity index (χ2n) is 4.95. The Morgan fingerprint density at radius 3 is 2.48 bits per heavy atom. The van der Waals surface area contributed by atoms with Crippen molar-refractivity contribution in [1.82, 2.24) is 9.78 Å². The molecule has 5 heteroatoms. The van der Waals surface area contributed by atoms with Crippen LogP contribution < -0.4 is 0 Å². The first kappa shape index (κ1) is 15.4. The van der Waals surface area contributed by atoms with Crippen molar-refractivity contribution in [2.45, 2.75) is 39.7 Å². The van der Waals surface area contributed by atoms with Crippen LogP contribution in [-0.4, -0.2) is 15.6 Å². The third kappa shape index (κ3) is 3.01. The molecule has 1 unspecified atom stereocenters. The van der Waals surface area contributed by atoms with Gasteiger partial charge in [-0.2, -0.15) is 5.10 Å². The first-order chi connectivity index (χ1) is 9.97. The molecule has 1 aromatic carbocycles. The van der Waals surface area contributed by atoms with Crippen LogP contribution in [0.25, 0.3) is 0 Å². The largest absolute Gasteiger partial charge is 0.292 e. The molecule has 1 atom stereocenters. The highest BCUT2D eigenvalue weighted by Crippen LogP contribution is 2.19. The molecule has 0 aliphatic carbocycles. The Morgan fingerprint density at radius 1 is 1.19 bits per heavy atom. The van der Waals surface area contributed by atoms with E-state index < -0.39 is 17.7 Å². The third-order valence-electron chi connectivity index (χ3n) is 3.54. The van der Waals surface area contributed by atoms with Gasteiger partial charge in [-0.1, -0.05) is 13.8 Å². The van der Waals surface area contributed by atoms with E-state index in [1.165, 1.54) is 6.07 Å². The summed E-state index contributed by atoms with van der Waals surface area (Å²) in [7, 11) is 0. The Balaban J connectivity index is 2.34. The van der Waals surface area contributed by atoms with Crippen LogP contribution >= 0.6 is 0 Å². The quantitative estimate of drug-likeness (QED) is 0.787. The van der Waals surface area contributed by atoms with E-state index in [4.69, 9.17) is 0 Å². The molecule has 2 aromatic rings. The van der Waals surface area contributed by atoms with Gasteiger partial charge in [0, 0.05) is 11.3 Å².